The number of hydrogen-bond acceptors (Lipinski definition) is 6. The minimum Gasteiger partial charge on any atom is -0.478 e. The Morgan fingerprint density at radius 3 is 2.58 bits per heavy atom. The van der Waals surface area contributed by atoms with Gasteiger partial charge >= 0.3 is 5.97 Å². The minimum absolute atomic E-state index is 0.0643. The number of nitrogens with one attached hydrogen (secondary N) is 2. The van der Waals surface area contributed by atoms with Crippen LogP contribution in [0.15, 0.2) is 21.7 Å². The predicted octanol–water partition coefficient (Wildman–Crippen LogP) is 2.30. The quantitative estimate of drug-likeness (QED) is 0.674. The SMILES string of the molecule is CCc1c(C)sc(NC(=O)CNS(=O)(=O)c2cccs2)c1C(=O)O. The van der Waals surface area contributed by atoms with Gasteiger partial charge in [-0.1, -0.05) is 13.0 Å². The first kappa shape index (κ1) is 18.6. The maximum absolute atomic E-state index is 12.0. The van der Waals surface area contributed by atoms with E-state index >= 15 is 0 Å². The van der Waals surface area contributed by atoms with Crippen LogP contribution in [0.3, 0.4) is 0 Å². The number of amides is 1. The number of carboxylic acid groups (broad SMARTS) is 1. The fraction of sp³-hybridized carbons (Fsp3) is 0.286. The second kappa shape index (κ2) is 7.43. The summed E-state index contributed by atoms with van der Waals surface area (Å²) in [7, 11) is -3.74. The number of rotatable bonds is 7. The number of carbonyl (C=O) groups is 2. The summed E-state index contributed by atoms with van der Waals surface area (Å²) in [4.78, 5) is 24.2. The maximum Gasteiger partial charge on any atom is 0.339 e. The van der Waals surface area contributed by atoms with Crippen LogP contribution in [0.2, 0.25) is 0 Å². The number of sulfonamides is 1. The van der Waals surface area contributed by atoms with Crippen molar-refractivity contribution in [3.63, 3.8) is 0 Å². The van der Waals surface area contributed by atoms with Gasteiger partial charge in [0.1, 0.15) is 9.21 Å². The van der Waals surface area contributed by atoms with Crippen molar-refractivity contribution in [1.82, 2.24) is 4.72 Å². The van der Waals surface area contributed by atoms with Crippen LogP contribution in [0, 0.1) is 6.92 Å². The average molecular weight is 388 g/mol. The van der Waals surface area contributed by atoms with E-state index in [1.165, 1.54) is 17.4 Å². The molecule has 0 unspecified atom stereocenters. The monoisotopic (exact) mass is 388 g/mol. The number of hydrogen-bond donors (Lipinski definition) is 3. The Morgan fingerprint density at radius 1 is 1.33 bits per heavy atom. The van der Waals surface area contributed by atoms with Crippen LogP contribution in [0.1, 0.15) is 27.7 Å². The molecule has 24 heavy (non-hydrogen) atoms. The molecular weight excluding hydrogens is 372 g/mol. The summed E-state index contributed by atoms with van der Waals surface area (Å²) in [6, 6.07) is 3.03. The second-order valence-corrected chi connectivity index (χ2v) is 8.97. The molecule has 130 valence electrons. The average Bonchev–Trinajstić information content (AvgIpc) is 3.13. The number of anilines is 1. The Kier molecular flexibility index (Phi) is 5.75. The minimum atomic E-state index is -3.74. The number of carboxylic acids is 1. The molecule has 0 fully saturated rings. The summed E-state index contributed by atoms with van der Waals surface area (Å²) >= 11 is 2.21. The molecule has 2 heterocycles. The summed E-state index contributed by atoms with van der Waals surface area (Å²) in [5.74, 6) is -1.74. The summed E-state index contributed by atoms with van der Waals surface area (Å²) < 4.78 is 26.2. The zero-order valence-corrected chi connectivity index (χ0v) is 15.4. The standard InChI is InChI=1S/C14H16N2O5S3/c1-3-9-8(2)23-13(12(9)14(18)19)16-10(17)7-15-24(20,21)11-5-4-6-22-11/h4-6,15H,3,7H2,1-2H3,(H,16,17)(H,18,19). The lowest BCUT2D eigenvalue weighted by Crippen LogP contribution is -2.32. The van der Waals surface area contributed by atoms with Gasteiger partial charge in [-0.05, 0) is 30.4 Å². The molecule has 2 aromatic rings. The predicted molar refractivity (Wildman–Crippen MR) is 93.5 cm³/mol. The Bertz CT molecular complexity index is 853. The lowest BCUT2D eigenvalue weighted by Gasteiger charge is -2.06. The molecule has 0 bridgehead atoms. The number of thiophene rings is 2. The molecule has 0 aromatic carbocycles. The van der Waals surface area contributed by atoms with Gasteiger partial charge in [0, 0.05) is 4.88 Å². The first-order chi connectivity index (χ1) is 11.3. The molecular formula is C14H16N2O5S3. The summed E-state index contributed by atoms with van der Waals surface area (Å²) in [5, 5.41) is 13.7. The normalized spacial score (nSPS) is 11.4. The van der Waals surface area contributed by atoms with Gasteiger partial charge in [-0.3, -0.25) is 4.79 Å². The smallest absolute Gasteiger partial charge is 0.339 e. The van der Waals surface area contributed by atoms with Crippen molar-refractivity contribution in [1.29, 1.82) is 0 Å². The molecule has 1 amide bonds. The molecule has 0 aliphatic carbocycles. The van der Waals surface area contributed by atoms with E-state index in [0.29, 0.717) is 12.0 Å². The fourth-order valence-corrected chi connectivity index (χ4v) is 5.31. The molecule has 0 radical (unpaired) electrons. The maximum atomic E-state index is 12.0. The number of carbonyl (C=O) groups excluding carboxylic acids is 1. The lowest BCUT2D eigenvalue weighted by molar-refractivity contribution is -0.115. The molecule has 0 saturated heterocycles. The van der Waals surface area contributed by atoms with Crippen molar-refractivity contribution in [2.24, 2.45) is 0 Å². The Balaban J connectivity index is 2.10. The van der Waals surface area contributed by atoms with Gasteiger partial charge in [-0.2, -0.15) is 0 Å². The Labute approximate surface area is 147 Å². The Morgan fingerprint density at radius 2 is 2.04 bits per heavy atom. The highest BCUT2D eigenvalue weighted by Gasteiger charge is 2.22. The third-order valence-corrected chi connectivity index (χ3v) is 7.07. The van der Waals surface area contributed by atoms with E-state index in [1.54, 1.807) is 18.4 Å². The highest BCUT2D eigenvalue weighted by Crippen LogP contribution is 2.33. The highest BCUT2D eigenvalue weighted by molar-refractivity contribution is 7.91. The van der Waals surface area contributed by atoms with Crippen molar-refractivity contribution in [2.45, 2.75) is 24.5 Å². The second-order valence-electron chi connectivity index (χ2n) is 4.80. The molecule has 0 saturated carbocycles. The van der Waals surface area contributed by atoms with E-state index in [4.69, 9.17) is 0 Å². The topological polar surface area (TPSA) is 113 Å². The van der Waals surface area contributed by atoms with Crippen molar-refractivity contribution >= 4 is 49.6 Å². The Hall–Kier alpha value is -1.75. The molecule has 0 aliphatic heterocycles. The third-order valence-electron chi connectivity index (χ3n) is 3.21. The van der Waals surface area contributed by atoms with Crippen molar-refractivity contribution in [2.75, 3.05) is 11.9 Å². The van der Waals surface area contributed by atoms with Crippen LogP contribution >= 0.6 is 22.7 Å². The van der Waals surface area contributed by atoms with E-state index in [-0.39, 0.29) is 14.8 Å². The van der Waals surface area contributed by atoms with Gasteiger partial charge in [0.05, 0.1) is 12.1 Å². The molecule has 0 atom stereocenters. The molecule has 10 heteroatoms. The van der Waals surface area contributed by atoms with E-state index in [9.17, 15) is 23.1 Å². The van der Waals surface area contributed by atoms with Gasteiger partial charge in [0.25, 0.3) is 10.0 Å². The number of aryl methyl sites for hydroxylation is 1. The molecule has 0 spiro atoms. The van der Waals surface area contributed by atoms with Crippen LogP contribution in [-0.2, 0) is 21.2 Å². The summed E-state index contributed by atoms with van der Waals surface area (Å²) in [6.45, 7) is 3.14. The fourth-order valence-electron chi connectivity index (χ4n) is 2.14. The molecule has 3 N–H and O–H groups in total. The lowest BCUT2D eigenvalue weighted by atomic mass is 10.1. The zero-order valence-electron chi connectivity index (χ0n) is 13.0. The number of aromatic carboxylic acids is 1. The van der Waals surface area contributed by atoms with Crippen LogP contribution in [0.5, 0.6) is 0 Å². The first-order valence-corrected chi connectivity index (χ1v) is 10.1. The van der Waals surface area contributed by atoms with Gasteiger partial charge in [-0.25, -0.2) is 17.9 Å². The molecule has 7 nitrogen and oxygen atoms in total. The van der Waals surface area contributed by atoms with Crippen LogP contribution in [-0.4, -0.2) is 31.9 Å². The van der Waals surface area contributed by atoms with Crippen LogP contribution in [0.25, 0.3) is 0 Å². The molecule has 2 rings (SSSR count). The molecule has 2 aromatic heterocycles. The van der Waals surface area contributed by atoms with Crippen LogP contribution < -0.4 is 10.0 Å². The van der Waals surface area contributed by atoms with Crippen molar-refractivity contribution in [3.05, 3.63) is 33.5 Å². The first-order valence-electron chi connectivity index (χ1n) is 6.94. The largest absolute Gasteiger partial charge is 0.478 e. The van der Waals surface area contributed by atoms with E-state index in [1.807, 2.05) is 6.92 Å². The summed E-state index contributed by atoms with van der Waals surface area (Å²) in [5.41, 5.74) is 0.733. The van der Waals surface area contributed by atoms with E-state index in [0.717, 1.165) is 16.2 Å². The highest BCUT2D eigenvalue weighted by atomic mass is 32.2. The van der Waals surface area contributed by atoms with Gasteiger partial charge in [0.15, 0.2) is 0 Å². The van der Waals surface area contributed by atoms with Crippen molar-refractivity contribution in [3.8, 4) is 0 Å². The molecule has 0 aliphatic rings. The third kappa shape index (κ3) is 4.01. The van der Waals surface area contributed by atoms with Gasteiger partial charge in [0.2, 0.25) is 5.91 Å². The van der Waals surface area contributed by atoms with Gasteiger partial charge < -0.3 is 10.4 Å². The van der Waals surface area contributed by atoms with Crippen LogP contribution in [0.4, 0.5) is 5.00 Å². The van der Waals surface area contributed by atoms with E-state index < -0.39 is 28.4 Å². The van der Waals surface area contributed by atoms with Crippen molar-refractivity contribution < 1.29 is 23.1 Å². The zero-order chi connectivity index (χ0) is 17.9. The summed E-state index contributed by atoms with van der Waals surface area (Å²) in [6.07, 6.45) is 0.533. The van der Waals surface area contributed by atoms with Gasteiger partial charge in [-0.15, -0.1) is 22.7 Å². The van der Waals surface area contributed by atoms with E-state index in [2.05, 4.69) is 10.0 Å².